The maximum absolute atomic E-state index is 14.5. The Morgan fingerprint density at radius 1 is 1.16 bits per heavy atom. The molecule has 7 heteroatoms. The van der Waals surface area contributed by atoms with Crippen molar-refractivity contribution in [3.8, 4) is 6.07 Å². The Balaban J connectivity index is 2.58. The molecule has 0 amide bonds. The molecule has 3 nitrogen and oxygen atoms in total. The quantitative estimate of drug-likeness (QED) is 0.378. The maximum Gasteiger partial charge on any atom is 0.408 e. The van der Waals surface area contributed by atoms with Gasteiger partial charge in [-0.1, -0.05) is 26.3 Å². The number of hydrogen-bond acceptors (Lipinski definition) is 3. The Kier molecular flexibility index (Phi) is 7.83. The Hall–Kier alpha value is -2.88. The maximum atomic E-state index is 14.5. The van der Waals surface area contributed by atoms with E-state index in [0.717, 1.165) is 18.9 Å². The van der Waals surface area contributed by atoms with Crippen LogP contribution in [0.15, 0.2) is 24.4 Å². The Morgan fingerprint density at radius 2 is 1.84 bits per heavy atom. The van der Waals surface area contributed by atoms with E-state index in [-0.39, 0.29) is 11.5 Å². The standard InChI is InChI=1S/C24H27F4N3/c1-6-8-18(20(12-29)19-11-21(25)17(7-2)9-14(19)3)22-10-15(4)23(13-30-22)31-16(5)24(26,27)28/h9-11,13,16,31H,6-8H2,1-5H3/b20-18+. The van der Waals surface area contributed by atoms with Crippen molar-refractivity contribution in [2.45, 2.75) is 66.1 Å². The summed E-state index contributed by atoms with van der Waals surface area (Å²) in [5.41, 5.74) is 4.21. The molecule has 0 aliphatic carbocycles. The zero-order valence-electron chi connectivity index (χ0n) is 18.4. The number of aryl methyl sites for hydroxylation is 3. The van der Waals surface area contributed by atoms with E-state index in [4.69, 9.17) is 0 Å². The van der Waals surface area contributed by atoms with E-state index < -0.39 is 12.2 Å². The summed E-state index contributed by atoms with van der Waals surface area (Å²) in [5.74, 6) is -0.364. The summed E-state index contributed by atoms with van der Waals surface area (Å²) in [6.45, 7) is 8.38. The number of allylic oxidation sites excluding steroid dienone is 2. The second-order valence-corrected chi connectivity index (χ2v) is 7.62. The number of nitriles is 1. The highest BCUT2D eigenvalue weighted by atomic mass is 19.4. The van der Waals surface area contributed by atoms with Crippen molar-refractivity contribution in [3.63, 3.8) is 0 Å². The van der Waals surface area contributed by atoms with Crippen molar-refractivity contribution in [2.75, 3.05) is 5.32 Å². The second kappa shape index (κ2) is 9.95. The van der Waals surface area contributed by atoms with Gasteiger partial charge in [0.1, 0.15) is 17.9 Å². The molecule has 1 N–H and O–H groups in total. The molecule has 1 unspecified atom stereocenters. The molecule has 0 spiro atoms. The molecule has 1 heterocycles. The average Bonchev–Trinajstić information content (AvgIpc) is 2.70. The number of nitrogens with one attached hydrogen (secondary N) is 1. The van der Waals surface area contributed by atoms with E-state index in [1.54, 1.807) is 19.1 Å². The monoisotopic (exact) mass is 433 g/mol. The summed E-state index contributed by atoms with van der Waals surface area (Å²) in [6, 6.07) is 5.28. The fourth-order valence-electron chi connectivity index (χ4n) is 3.39. The number of halogens is 4. The number of anilines is 1. The van der Waals surface area contributed by atoms with Gasteiger partial charge in [0.25, 0.3) is 0 Å². The Labute approximate surface area is 180 Å². The van der Waals surface area contributed by atoms with Gasteiger partial charge in [-0.25, -0.2) is 4.39 Å². The van der Waals surface area contributed by atoms with Crippen LogP contribution in [0, 0.1) is 31.0 Å². The van der Waals surface area contributed by atoms with E-state index in [9.17, 15) is 22.8 Å². The molecule has 1 aromatic heterocycles. The third-order valence-electron chi connectivity index (χ3n) is 5.24. The van der Waals surface area contributed by atoms with Gasteiger partial charge >= 0.3 is 6.18 Å². The number of rotatable bonds is 7. The van der Waals surface area contributed by atoms with Gasteiger partial charge in [0.2, 0.25) is 0 Å². The molecule has 1 aromatic carbocycles. The van der Waals surface area contributed by atoms with E-state index in [2.05, 4.69) is 16.4 Å². The first-order valence-electron chi connectivity index (χ1n) is 10.3. The topological polar surface area (TPSA) is 48.7 Å². The first kappa shape index (κ1) is 24.4. The molecule has 0 aliphatic heterocycles. The molecular weight excluding hydrogens is 406 g/mol. The Bertz CT molecular complexity index is 1020. The zero-order chi connectivity index (χ0) is 23.3. The van der Waals surface area contributed by atoms with Crippen LogP contribution in [-0.2, 0) is 6.42 Å². The van der Waals surface area contributed by atoms with Gasteiger partial charge in [-0.2, -0.15) is 18.4 Å². The molecule has 2 aromatic rings. The van der Waals surface area contributed by atoms with Crippen molar-refractivity contribution in [1.29, 1.82) is 5.26 Å². The molecule has 0 saturated carbocycles. The number of hydrogen-bond donors (Lipinski definition) is 1. The molecule has 0 saturated heterocycles. The van der Waals surface area contributed by atoms with Gasteiger partial charge in [0.15, 0.2) is 0 Å². The summed E-state index contributed by atoms with van der Waals surface area (Å²) < 4.78 is 53.1. The van der Waals surface area contributed by atoms with Crippen LogP contribution in [0.1, 0.15) is 61.6 Å². The summed E-state index contributed by atoms with van der Waals surface area (Å²) >= 11 is 0. The van der Waals surface area contributed by atoms with Crippen LogP contribution >= 0.6 is 0 Å². The van der Waals surface area contributed by atoms with Crippen LogP contribution in [0.4, 0.5) is 23.2 Å². The van der Waals surface area contributed by atoms with Crippen LogP contribution in [0.3, 0.4) is 0 Å². The van der Waals surface area contributed by atoms with Crippen molar-refractivity contribution in [1.82, 2.24) is 4.98 Å². The van der Waals surface area contributed by atoms with Gasteiger partial charge in [-0.3, -0.25) is 4.98 Å². The summed E-state index contributed by atoms with van der Waals surface area (Å²) in [7, 11) is 0. The largest absolute Gasteiger partial charge is 0.408 e. The fraction of sp³-hybridized carbons (Fsp3) is 0.417. The van der Waals surface area contributed by atoms with Gasteiger partial charge in [-0.15, -0.1) is 0 Å². The van der Waals surface area contributed by atoms with Crippen LogP contribution in [0.2, 0.25) is 0 Å². The molecule has 31 heavy (non-hydrogen) atoms. The predicted molar refractivity (Wildman–Crippen MR) is 116 cm³/mol. The Morgan fingerprint density at radius 3 is 2.35 bits per heavy atom. The smallest absolute Gasteiger partial charge is 0.373 e. The van der Waals surface area contributed by atoms with Crippen LogP contribution in [0.5, 0.6) is 0 Å². The zero-order valence-corrected chi connectivity index (χ0v) is 18.4. The lowest BCUT2D eigenvalue weighted by atomic mass is 9.91. The van der Waals surface area contributed by atoms with Crippen LogP contribution < -0.4 is 5.32 Å². The number of benzene rings is 1. The van der Waals surface area contributed by atoms with Crippen LogP contribution in [-0.4, -0.2) is 17.2 Å². The highest BCUT2D eigenvalue weighted by Gasteiger charge is 2.36. The van der Waals surface area contributed by atoms with Gasteiger partial charge in [-0.05, 0) is 73.6 Å². The van der Waals surface area contributed by atoms with Crippen molar-refractivity contribution in [2.24, 2.45) is 0 Å². The predicted octanol–water partition coefficient (Wildman–Crippen LogP) is 7.00. The van der Waals surface area contributed by atoms with E-state index in [1.165, 1.54) is 12.3 Å². The summed E-state index contributed by atoms with van der Waals surface area (Å²) in [4.78, 5) is 4.34. The minimum absolute atomic E-state index is 0.275. The normalized spacial score (nSPS) is 13.4. The highest BCUT2D eigenvalue weighted by Crippen LogP contribution is 2.33. The lowest BCUT2D eigenvalue weighted by Crippen LogP contribution is -2.33. The van der Waals surface area contributed by atoms with Crippen LogP contribution in [0.25, 0.3) is 11.1 Å². The lowest BCUT2D eigenvalue weighted by molar-refractivity contribution is -0.138. The van der Waals surface area contributed by atoms with E-state index >= 15 is 0 Å². The van der Waals surface area contributed by atoms with E-state index in [1.807, 2.05) is 20.8 Å². The van der Waals surface area contributed by atoms with E-state index in [0.29, 0.717) is 46.4 Å². The SMILES string of the molecule is CCC/C(=C(/C#N)c1cc(F)c(CC)cc1C)c1cc(C)c(NC(C)C(F)(F)F)cn1. The lowest BCUT2D eigenvalue weighted by Gasteiger charge is -2.20. The second-order valence-electron chi connectivity index (χ2n) is 7.62. The molecule has 0 bridgehead atoms. The minimum atomic E-state index is -4.38. The molecule has 2 rings (SSSR count). The first-order valence-corrected chi connectivity index (χ1v) is 10.3. The van der Waals surface area contributed by atoms with Gasteiger partial charge in [0.05, 0.1) is 23.2 Å². The third-order valence-corrected chi connectivity index (χ3v) is 5.24. The molecule has 166 valence electrons. The van der Waals surface area contributed by atoms with Gasteiger partial charge in [0, 0.05) is 0 Å². The highest BCUT2D eigenvalue weighted by molar-refractivity contribution is 5.97. The number of pyridine rings is 1. The summed E-state index contributed by atoms with van der Waals surface area (Å²) in [5, 5.41) is 12.4. The molecule has 0 fully saturated rings. The number of aromatic nitrogens is 1. The third kappa shape index (κ3) is 5.63. The number of alkyl halides is 3. The van der Waals surface area contributed by atoms with Gasteiger partial charge < -0.3 is 5.32 Å². The molecule has 0 radical (unpaired) electrons. The summed E-state index contributed by atoms with van der Waals surface area (Å²) in [6.07, 6.45) is -1.23. The molecule has 1 atom stereocenters. The minimum Gasteiger partial charge on any atom is -0.373 e. The van der Waals surface area contributed by atoms with Crippen molar-refractivity contribution >= 4 is 16.8 Å². The molecular formula is C24H27F4N3. The van der Waals surface area contributed by atoms with Crippen molar-refractivity contribution in [3.05, 3.63) is 58.2 Å². The number of nitrogens with zero attached hydrogens (tertiary/aromatic N) is 2. The first-order chi connectivity index (χ1) is 14.5. The fourth-order valence-corrected chi connectivity index (χ4v) is 3.39. The molecule has 0 aliphatic rings. The van der Waals surface area contributed by atoms with Crippen molar-refractivity contribution < 1.29 is 17.6 Å². The average molecular weight is 433 g/mol.